The summed E-state index contributed by atoms with van der Waals surface area (Å²) < 4.78 is 42.3. The molecular weight excluding hydrogens is 426 g/mol. The van der Waals surface area contributed by atoms with E-state index in [1.54, 1.807) is 13.8 Å². The Kier molecular flexibility index (Phi) is 5.65. The summed E-state index contributed by atoms with van der Waals surface area (Å²) in [4.78, 5) is 16.5. The monoisotopic (exact) mass is 441 g/mol. The Balaban J connectivity index is 2.12. The third-order valence-electron chi connectivity index (χ3n) is 4.35. The number of carbonyl (C=O) groups is 1. The summed E-state index contributed by atoms with van der Waals surface area (Å²) >= 11 is 12.1. The van der Waals surface area contributed by atoms with Crippen LogP contribution in [0.1, 0.15) is 32.9 Å². The van der Waals surface area contributed by atoms with Gasteiger partial charge < -0.3 is 5.32 Å². The summed E-state index contributed by atoms with van der Waals surface area (Å²) in [6.07, 6.45) is -3.98. The Morgan fingerprint density at radius 3 is 2.14 bits per heavy atom. The van der Waals surface area contributed by atoms with E-state index in [9.17, 15) is 18.0 Å². The van der Waals surface area contributed by atoms with E-state index >= 15 is 0 Å². The van der Waals surface area contributed by atoms with Crippen molar-refractivity contribution < 1.29 is 18.0 Å². The van der Waals surface area contributed by atoms with Gasteiger partial charge in [0.05, 0.1) is 15.7 Å². The number of rotatable bonds is 3. The summed E-state index contributed by atoms with van der Waals surface area (Å²) in [6.45, 7) is 5.42. The molecule has 0 saturated carbocycles. The molecular formula is C20H16Cl2F3N3O. The lowest BCUT2D eigenvalue weighted by molar-refractivity contribution is -0.142. The SMILES string of the molecule is Cc1cc(C)c(NC(=O)c2ncn(-c3c(Cl)cccc3Cl)c2C(F)(F)F)c(C)c1. The first-order chi connectivity index (χ1) is 13.5. The molecule has 1 aromatic heterocycles. The van der Waals surface area contributed by atoms with Crippen LogP contribution < -0.4 is 5.32 Å². The number of imidazole rings is 1. The molecule has 4 nitrogen and oxygen atoms in total. The predicted octanol–water partition coefficient (Wildman–Crippen LogP) is 6.38. The zero-order valence-corrected chi connectivity index (χ0v) is 17.2. The quantitative estimate of drug-likeness (QED) is 0.512. The topological polar surface area (TPSA) is 46.9 Å². The van der Waals surface area contributed by atoms with Crippen molar-refractivity contribution in [2.75, 3.05) is 5.32 Å². The lowest BCUT2D eigenvalue weighted by Gasteiger charge is -2.16. The van der Waals surface area contributed by atoms with E-state index in [0.29, 0.717) is 10.3 Å². The van der Waals surface area contributed by atoms with Gasteiger partial charge in [0.2, 0.25) is 0 Å². The van der Waals surface area contributed by atoms with Crippen LogP contribution >= 0.6 is 23.2 Å². The highest BCUT2D eigenvalue weighted by Gasteiger charge is 2.41. The molecule has 0 spiro atoms. The second kappa shape index (κ2) is 7.72. The molecule has 1 heterocycles. The number of nitrogens with zero attached hydrogens (tertiary/aromatic N) is 2. The third kappa shape index (κ3) is 4.11. The Bertz CT molecular complexity index is 1060. The molecule has 0 saturated heterocycles. The number of carbonyl (C=O) groups excluding carboxylic acids is 1. The van der Waals surface area contributed by atoms with E-state index < -0.39 is 23.5 Å². The molecule has 1 N–H and O–H groups in total. The van der Waals surface area contributed by atoms with Crippen LogP contribution in [0.5, 0.6) is 0 Å². The number of amides is 1. The average molecular weight is 442 g/mol. The lowest BCUT2D eigenvalue weighted by atomic mass is 10.0. The molecule has 0 bridgehead atoms. The maximum atomic E-state index is 13.9. The Hall–Kier alpha value is -2.51. The van der Waals surface area contributed by atoms with Gasteiger partial charge in [-0.25, -0.2) is 4.98 Å². The van der Waals surface area contributed by atoms with E-state index in [4.69, 9.17) is 23.2 Å². The Labute approximate surface area is 175 Å². The van der Waals surface area contributed by atoms with E-state index in [1.807, 2.05) is 19.1 Å². The number of anilines is 1. The summed E-state index contributed by atoms with van der Waals surface area (Å²) in [5.41, 5.74) is 0.763. The number of aromatic nitrogens is 2. The van der Waals surface area contributed by atoms with Crippen molar-refractivity contribution in [2.24, 2.45) is 0 Å². The predicted molar refractivity (Wildman–Crippen MR) is 107 cm³/mol. The highest BCUT2D eigenvalue weighted by Crippen LogP contribution is 2.38. The average Bonchev–Trinajstić information content (AvgIpc) is 3.03. The van der Waals surface area contributed by atoms with Gasteiger partial charge in [-0.05, 0) is 44.0 Å². The van der Waals surface area contributed by atoms with Crippen molar-refractivity contribution in [2.45, 2.75) is 26.9 Å². The van der Waals surface area contributed by atoms with Crippen LogP contribution in [0.15, 0.2) is 36.7 Å². The highest BCUT2D eigenvalue weighted by molar-refractivity contribution is 6.37. The molecule has 2 aromatic carbocycles. The molecule has 0 aliphatic carbocycles. The molecule has 9 heteroatoms. The zero-order valence-electron chi connectivity index (χ0n) is 15.7. The minimum Gasteiger partial charge on any atom is -0.320 e. The van der Waals surface area contributed by atoms with Gasteiger partial charge >= 0.3 is 6.18 Å². The molecule has 29 heavy (non-hydrogen) atoms. The van der Waals surface area contributed by atoms with Crippen molar-refractivity contribution in [3.8, 4) is 5.69 Å². The van der Waals surface area contributed by atoms with Crippen molar-refractivity contribution in [3.63, 3.8) is 0 Å². The Morgan fingerprint density at radius 1 is 1.07 bits per heavy atom. The van der Waals surface area contributed by atoms with E-state index in [0.717, 1.165) is 23.0 Å². The molecule has 0 aliphatic rings. The van der Waals surface area contributed by atoms with Gasteiger partial charge in [0.15, 0.2) is 11.4 Å². The molecule has 0 aliphatic heterocycles. The second-order valence-electron chi connectivity index (χ2n) is 6.61. The number of aryl methyl sites for hydroxylation is 3. The number of benzene rings is 2. The normalized spacial score (nSPS) is 11.6. The van der Waals surface area contributed by atoms with Crippen LogP contribution in [0.25, 0.3) is 5.69 Å². The minimum atomic E-state index is -4.87. The first kappa shape index (κ1) is 21.2. The van der Waals surface area contributed by atoms with Gasteiger partial charge in [0.1, 0.15) is 6.33 Å². The molecule has 152 valence electrons. The van der Waals surface area contributed by atoms with Gasteiger partial charge in [-0.3, -0.25) is 9.36 Å². The molecule has 0 radical (unpaired) electrons. The van der Waals surface area contributed by atoms with E-state index in [-0.39, 0.29) is 15.7 Å². The number of para-hydroxylation sites is 1. The molecule has 0 fully saturated rings. The fraction of sp³-hybridized carbons (Fsp3) is 0.200. The first-order valence-electron chi connectivity index (χ1n) is 8.48. The summed E-state index contributed by atoms with van der Waals surface area (Å²) in [6, 6.07) is 7.98. The molecule has 0 atom stereocenters. The van der Waals surface area contributed by atoms with Crippen LogP contribution in [-0.4, -0.2) is 15.5 Å². The molecule has 0 unspecified atom stereocenters. The summed E-state index contributed by atoms with van der Waals surface area (Å²) in [5.74, 6) is -0.977. The van der Waals surface area contributed by atoms with Crippen molar-refractivity contribution in [1.29, 1.82) is 0 Å². The van der Waals surface area contributed by atoms with E-state index in [2.05, 4.69) is 10.3 Å². The second-order valence-corrected chi connectivity index (χ2v) is 7.42. The number of hydrogen-bond donors (Lipinski definition) is 1. The molecule has 1 amide bonds. The highest BCUT2D eigenvalue weighted by atomic mass is 35.5. The first-order valence-corrected chi connectivity index (χ1v) is 9.24. The lowest BCUT2D eigenvalue weighted by Crippen LogP contribution is -2.22. The van der Waals surface area contributed by atoms with Crippen LogP contribution in [0.3, 0.4) is 0 Å². The van der Waals surface area contributed by atoms with Crippen LogP contribution in [0.2, 0.25) is 10.0 Å². The largest absolute Gasteiger partial charge is 0.434 e. The van der Waals surface area contributed by atoms with Gasteiger partial charge in [0, 0.05) is 5.69 Å². The molecule has 3 aromatic rings. The van der Waals surface area contributed by atoms with Gasteiger partial charge in [-0.2, -0.15) is 13.2 Å². The fourth-order valence-corrected chi connectivity index (χ4v) is 3.80. The number of alkyl halides is 3. The van der Waals surface area contributed by atoms with E-state index in [1.165, 1.54) is 18.2 Å². The number of halogens is 5. The maximum absolute atomic E-state index is 13.9. The van der Waals surface area contributed by atoms with Gasteiger partial charge in [-0.1, -0.05) is 47.0 Å². The van der Waals surface area contributed by atoms with Gasteiger partial charge in [0.25, 0.3) is 5.91 Å². The van der Waals surface area contributed by atoms with Crippen molar-refractivity contribution >= 4 is 34.8 Å². The van der Waals surface area contributed by atoms with Crippen molar-refractivity contribution in [3.05, 3.63) is 74.8 Å². The van der Waals surface area contributed by atoms with Crippen molar-refractivity contribution in [1.82, 2.24) is 9.55 Å². The number of nitrogens with one attached hydrogen (secondary N) is 1. The minimum absolute atomic E-state index is 0.00224. The fourth-order valence-electron chi connectivity index (χ4n) is 3.22. The Morgan fingerprint density at radius 2 is 1.62 bits per heavy atom. The zero-order chi connectivity index (χ0) is 21.5. The van der Waals surface area contributed by atoms with Gasteiger partial charge in [-0.15, -0.1) is 0 Å². The van der Waals surface area contributed by atoms with Crippen LogP contribution in [0.4, 0.5) is 18.9 Å². The van der Waals surface area contributed by atoms with Crippen LogP contribution in [0, 0.1) is 20.8 Å². The standard InChI is InChI=1S/C20H16Cl2F3N3O/c1-10-7-11(2)15(12(3)8-10)27-19(29)16-18(20(23,24)25)28(9-26-16)17-13(21)5-4-6-14(17)22/h4-9H,1-3H3,(H,27,29). The van der Waals surface area contributed by atoms with Crippen LogP contribution in [-0.2, 0) is 6.18 Å². The number of hydrogen-bond acceptors (Lipinski definition) is 2. The summed E-state index contributed by atoms with van der Waals surface area (Å²) in [5, 5.41) is 2.54. The summed E-state index contributed by atoms with van der Waals surface area (Å²) in [7, 11) is 0. The third-order valence-corrected chi connectivity index (χ3v) is 4.96. The smallest absolute Gasteiger partial charge is 0.320 e. The molecule has 3 rings (SSSR count). The maximum Gasteiger partial charge on any atom is 0.434 e.